The van der Waals surface area contributed by atoms with Crippen molar-refractivity contribution >= 4 is 5.78 Å². The largest absolute Gasteiger partial charge is 0.512 e. The maximum atomic E-state index is 12.9. The Hall–Kier alpha value is -1.76. The third-order valence-electron chi connectivity index (χ3n) is 4.96. The molecule has 152 valence electrons. The minimum absolute atomic E-state index is 0.0365. The Morgan fingerprint density at radius 3 is 2.26 bits per heavy atom. The number of carbonyl (C=O) groups is 1. The van der Waals surface area contributed by atoms with Crippen LogP contribution in [0.2, 0.25) is 0 Å². The number of tetrazole rings is 1. The summed E-state index contributed by atoms with van der Waals surface area (Å²) in [6, 6.07) is -0.483. The van der Waals surface area contributed by atoms with Crippen LogP contribution >= 0.6 is 0 Å². The summed E-state index contributed by atoms with van der Waals surface area (Å²) >= 11 is 0. The van der Waals surface area contributed by atoms with Crippen molar-refractivity contribution in [1.29, 1.82) is 0 Å². The number of likely N-dealkylation sites (N-methyl/N-ethyl adjacent to an activating group) is 1. The third-order valence-corrected chi connectivity index (χ3v) is 4.96. The van der Waals surface area contributed by atoms with Gasteiger partial charge >= 0.3 is 0 Å². The molecule has 0 saturated carbocycles. The van der Waals surface area contributed by atoms with Crippen LogP contribution in [0.25, 0.3) is 0 Å². The van der Waals surface area contributed by atoms with Crippen molar-refractivity contribution in [2.24, 2.45) is 10.8 Å². The lowest BCUT2D eigenvalue weighted by Crippen LogP contribution is -2.39. The van der Waals surface area contributed by atoms with Gasteiger partial charge in [-0.2, -0.15) is 0 Å². The van der Waals surface area contributed by atoms with Crippen LogP contribution in [0.5, 0.6) is 0 Å². The Balaban J connectivity index is 2.55. The summed E-state index contributed by atoms with van der Waals surface area (Å²) in [5.41, 5.74) is -0.0638. The fourth-order valence-electron chi connectivity index (χ4n) is 4.40. The first kappa shape index (κ1) is 21.5. The molecule has 1 aliphatic carbocycles. The smallest absolute Gasteiger partial charge is 0.173 e. The molecule has 0 amide bonds. The van der Waals surface area contributed by atoms with Crippen LogP contribution in [-0.4, -0.2) is 50.1 Å². The van der Waals surface area contributed by atoms with Gasteiger partial charge in [0.1, 0.15) is 11.8 Å². The van der Waals surface area contributed by atoms with Crippen LogP contribution in [-0.2, 0) is 10.3 Å². The molecule has 0 radical (unpaired) electrons. The standard InChI is InChI=1S/C20H35N5O2/c1-18(2,3)12-20(6,7)25-17(21-22-23-25)16(24(8)9)15-13(26)10-19(4,5)11-14(15)27/h16,26H,10-12H2,1-9H3/t16-/m0/s1. The fourth-order valence-corrected chi connectivity index (χ4v) is 4.40. The maximum absolute atomic E-state index is 12.9. The predicted octanol–water partition coefficient (Wildman–Crippen LogP) is 3.65. The molecular formula is C20H35N5O2. The second-order valence-corrected chi connectivity index (χ2v) is 10.7. The molecule has 0 bridgehead atoms. The van der Waals surface area contributed by atoms with Gasteiger partial charge in [0.25, 0.3) is 0 Å². The van der Waals surface area contributed by atoms with E-state index < -0.39 is 6.04 Å². The van der Waals surface area contributed by atoms with E-state index >= 15 is 0 Å². The Labute approximate surface area is 162 Å². The number of allylic oxidation sites excluding steroid dienone is 1. The first-order valence-corrected chi connectivity index (χ1v) is 9.55. The molecule has 0 spiro atoms. The summed E-state index contributed by atoms with van der Waals surface area (Å²) in [7, 11) is 3.77. The van der Waals surface area contributed by atoms with Gasteiger partial charge in [0.2, 0.25) is 0 Å². The van der Waals surface area contributed by atoms with Gasteiger partial charge in [0, 0.05) is 12.8 Å². The summed E-state index contributed by atoms with van der Waals surface area (Å²) in [5.74, 6) is 0.701. The average Bonchev–Trinajstić information content (AvgIpc) is 2.87. The molecule has 1 aromatic rings. The number of Topliss-reactive ketones (excluding diaryl/α,β-unsaturated/α-hetero) is 1. The van der Waals surface area contributed by atoms with Crippen molar-refractivity contribution in [3.63, 3.8) is 0 Å². The van der Waals surface area contributed by atoms with Crippen molar-refractivity contribution in [2.75, 3.05) is 14.1 Å². The normalized spacial score (nSPS) is 19.7. The zero-order valence-corrected chi connectivity index (χ0v) is 18.3. The summed E-state index contributed by atoms with van der Waals surface area (Å²) in [6.07, 6.45) is 1.75. The molecule has 1 heterocycles. The SMILES string of the molecule is CN(C)[C@@H](C1=C(O)CC(C)(C)CC1=O)c1nnnn1C(C)(C)CC(C)(C)C. The number of hydrogen-bond acceptors (Lipinski definition) is 6. The highest BCUT2D eigenvalue weighted by molar-refractivity contribution is 5.98. The molecular weight excluding hydrogens is 342 g/mol. The van der Waals surface area contributed by atoms with Gasteiger partial charge in [0.05, 0.1) is 11.1 Å². The Bertz CT molecular complexity index is 738. The zero-order chi connectivity index (χ0) is 20.8. The quantitative estimate of drug-likeness (QED) is 0.843. The van der Waals surface area contributed by atoms with Crippen molar-refractivity contribution in [2.45, 2.75) is 79.3 Å². The van der Waals surface area contributed by atoms with Crippen LogP contribution in [0.1, 0.15) is 79.6 Å². The van der Waals surface area contributed by atoms with Crippen molar-refractivity contribution in [3.05, 3.63) is 17.2 Å². The number of hydrogen-bond donors (Lipinski definition) is 1. The first-order chi connectivity index (χ1) is 12.1. The van der Waals surface area contributed by atoms with Gasteiger partial charge in [-0.1, -0.05) is 34.6 Å². The molecule has 0 fully saturated rings. The topological polar surface area (TPSA) is 84.1 Å². The molecule has 2 rings (SSSR count). The number of carbonyl (C=O) groups excluding carboxylic acids is 1. The average molecular weight is 378 g/mol. The molecule has 1 atom stereocenters. The van der Waals surface area contributed by atoms with E-state index in [1.807, 2.05) is 37.5 Å². The molecule has 7 nitrogen and oxygen atoms in total. The number of rotatable bonds is 5. The maximum Gasteiger partial charge on any atom is 0.173 e. The number of ketones is 1. The molecule has 0 aromatic carbocycles. The van der Waals surface area contributed by atoms with Crippen LogP contribution < -0.4 is 0 Å². The van der Waals surface area contributed by atoms with Gasteiger partial charge in [0.15, 0.2) is 11.6 Å². The van der Waals surface area contributed by atoms with Gasteiger partial charge in [-0.15, -0.1) is 5.10 Å². The molecule has 27 heavy (non-hydrogen) atoms. The monoisotopic (exact) mass is 377 g/mol. The van der Waals surface area contributed by atoms with Crippen LogP contribution in [0.4, 0.5) is 0 Å². The minimum atomic E-state index is -0.483. The summed E-state index contributed by atoms with van der Waals surface area (Å²) in [6.45, 7) is 14.8. The second-order valence-electron chi connectivity index (χ2n) is 10.7. The Morgan fingerprint density at radius 2 is 1.78 bits per heavy atom. The number of aromatic nitrogens is 4. The van der Waals surface area contributed by atoms with Gasteiger partial charge in [-0.05, 0) is 55.6 Å². The van der Waals surface area contributed by atoms with Crippen LogP contribution in [0, 0.1) is 10.8 Å². The molecule has 7 heteroatoms. The minimum Gasteiger partial charge on any atom is -0.512 e. The second kappa shape index (κ2) is 7.00. The number of aliphatic hydroxyl groups is 1. The summed E-state index contributed by atoms with van der Waals surface area (Å²) in [4.78, 5) is 14.8. The van der Waals surface area contributed by atoms with Crippen LogP contribution in [0.15, 0.2) is 11.3 Å². The lowest BCUT2D eigenvalue weighted by atomic mass is 9.74. The zero-order valence-electron chi connectivity index (χ0n) is 18.3. The first-order valence-electron chi connectivity index (χ1n) is 9.55. The molecule has 0 saturated heterocycles. The number of aliphatic hydroxyl groups excluding tert-OH is 1. The van der Waals surface area contributed by atoms with Crippen LogP contribution in [0.3, 0.4) is 0 Å². The van der Waals surface area contributed by atoms with E-state index in [4.69, 9.17) is 0 Å². The molecule has 1 N–H and O–H groups in total. The highest BCUT2D eigenvalue weighted by Gasteiger charge is 2.41. The van der Waals surface area contributed by atoms with Gasteiger partial charge < -0.3 is 5.11 Å². The van der Waals surface area contributed by atoms with Gasteiger partial charge in [-0.3, -0.25) is 9.69 Å². The van der Waals surface area contributed by atoms with E-state index in [9.17, 15) is 9.90 Å². The Morgan fingerprint density at radius 1 is 1.19 bits per heavy atom. The van der Waals surface area contributed by atoms with Crippen molar-refractivity contribution in [3.8, 4) is 0 Å². The summed E-state index contributed by atoms with van der Waals surface area (Å²) < 4.78 is 1.82. The summed E-state index contributed by atoms with van der Waals surface area (Å²) in [5, 5.41) is 23.2. The lowest BCUT2D eigenvalue weighted by Gasteiger charge is -2.37. The van der Waals surface area contributed by atoms with Crippen molar-refractivity contribution < 1.29 is 9.90 Å². The van der Waals surface area contributed by atoms with E-state index in [1.165, 1.54) is 0 Å². The predicted molar refractivity (Wildman–Crippen MR) is 105 cm³/mol. The van der Waals surface area contributed by atoms with E-state index in [-0.39, 0.29) is 27.9 Å². The van der Waals surface area contributed by atoms with Crippen molar-refractivity contribution in [1.82, 2.24) is 25.1 Å². The molecule has 0 aliphatic heterocycles. The fraction of sp³-hybridized carbons (Fsp3) is 0.800. The van der Waals surface area contributed by atoms with Gasteiger partial charge in [-0.25, -0.2) is 4.68 Å². The van der Waals surface area contributed by atoms with E-state index in [0.29, 0.717) is 24.2 Å². The molecule has 1 aliphatic rings. The Kier molecular flexibility index (Phi) is 5.59. The van der Waals surface area contributed by atoms with E-state index in [2.05, 4.69) is 50.1 Å². The highest BCUT2D eigenvalue weighted by Crippen LogP contribution is 2.42. The number of nitrogens with zero attached hydrogens (tertiary/aromatic N) is 5. The van der Waals surface area contributed by atoms with E-state index in [0.717, 1.165) is 6.42 Å². The molecule has 0 unspecified atom stereocenters. The highest BCUT2D eigenvalue weighted by atomic mass is 16.3. The molecule has 1 aromatic heterocycles. The van der Waals surface area contributed by atoms with E-state index in [1.54, 1.807) is 0 Å². The lowest BCUT2D eigenvalue weighted by molar-refractivity contribution is -0.119. The third kappa shape index (κ3) is 4.75.